The van der Waals surface area contributed by atoms with Crippen molar-refractivity contribution in [3.05, 3.63) is 22.7 Å². The van der Waals surface area contributed by atoms with Crippen LogP contribution < -0.4 is 10.5 Å². The predicted octanol–water partition coefficient (Wildman–Crippen LogP) is 2.60. The number of anilines is 1. The van der Waals surface area contributed by atoms with E-state index in [0.29, 0.717) is 16.7 Å². The number of benzene rings is 1. The van der Waals surface area contributed by atoms with Crippen LogP contribution in [0.5, 0.6) is 0 Å². The van der Waals surface area contributed by atoms with Crippen molar-refractivity contribution in [2.75, 3.05) is 18.0 Å². The summed E-state index contributed by atoms with van der Waals surface area (Å²) in [6.45, 7) is 2.56. The van der Waals surface area contributed by atoms with E-state index in [2.05, 4.69) is 27.6 Å². The Labute approximate surface area is 126 Å². The Kier molecular flexibility index (Phi) is 4.49. The summed E-state index contributed by atoms with van der Waals surface area (Å²) in [7, 11) is -3.47. The molecular formula is C12H17BrN2O2S2. The van der Waals surface area contributed by atoms with Gasteiger partial charge < -0.3 is 5.73 Å². The molecule has 1 aliphatic rings. The number of hydrogen-bond donors (Lipinski definition) is 2. The van der Waals surface area contributed by atoms with E-state index in [1.165, 1.54) is 12.1 Å². The zero-order valence-electron chi connectivity index (χ0n) is 10.6. The van der Waals surface area contributed by atoms with E-state index in [1.54, 1.807) is 6.07 Å². The van der Waals surface area contributed by atoms with Gasteiger partial charge in [0.1, 0.15) is 0 Å². The minimum absolute atomic E-state index is 0.0120. The quantitative estimate of drug-likeness (QED) is 0.805. The molecule has 1 unspecified atom stereocenters. The predicted molar refractivity (Wildman–Crippen MR) is 83.8 cm³/mol. The van der Waals surface area contributed by atoms with E-state index in [0.717, 1.165) is 18.6 Å². The topological polar surface area (TPSA) is 72.2 Å². The van der Waals surface area contributed by atoms with E-state index in [4.69, 9.17) is 5.73 Å². The number of nitrogen functional groups attached to an aromatic ring is 1. The molecule has 1 heterocycles. The number of nitrogens with two attached hydrogens (primary N) is 1. The first-order chi connectivity index (χ1) is 8.82. The first-order valence-corrected chi connectivity index (χ1v) is 9.27. The SMILES string of the molecule is CC1(CNS(=O)(=O)c2ccc(N)c(Br)c2)CCCS1. The molecule has 0 aromatic heterocycles. The van der Waals surface area contributed by atoms with Crippen molar-refractivity contribution < 1.29 is 8.42 Å². The summed E-state index contributed by atoms with van der Waals surface area (Å²) < 4.78 is 27.7. The molecule has 1 saturated heterocycles. The van der Waals surface area contributed by atoms with Gasteiger partial charge in [-0.1, -0.05) is 0 Å². The van der Waals surface area contributed by atoms with Crippen molar-refractivity contribution in [1.29, 1.82) is 0 Å². The van der Waals surface area contributed by atoms with E-state index in [-0.39, 0.29) is 9.64 Å². The van der Waals surface area contributed by atoms with Gasteiger partial charge in [0.15, 0.2) is 0 Å². The van der Waals surface area contributed by atoms with Crippen molar-refractivity contribution >= 4 is 43.4 Å². The number of halogens is 1. The third kappa shape index (κ3) is 3.65. The second-order valence-electron chi connectivity index (χ2n) is 4.91. The third-order valence-corrected chi connectivity index (χ3v) is 6.84. The maximum Gasteiger partial charge on any atom is 0.240 e. The maximum atomic E-state index is 12.2. The smallest absolute Gasteiger partial charge is 0.240 e. The van der Waals surface area contributed by atoms with Gasteiger partial charge in [-0.25, -0.2) is 13.1 Å². The van der Waals surface area contributed by atoms with Crippen molar-refractivity contribution in [2.24, 2.45) is 0 Å². The first kappa shape index (κ1) is 15.2. The minimum Gasteiger partial charge on any atom is -0.398 e. The van der Waals surface area contributed by atoms with Crippen molar-refractivity contribution in [3.63, 3.8) is 0 Å². The Bertz CT molecular complexity index is 569. The van der Waals surface area contributed by atoms with Gasteiger partial charge in [-0.05, 0) is 59.6 Å². The molecule has 0 amide bonds. The second kappa shape index (κ2) is 5.63. The molecule has 1 aliphatic heterocycles. The summed E-state index contributed by atoms with van der Waals surface area (Å²) >= 11 is 5.08. The van der Waals surface area contributed by atoms with Gasteiger partial charge in [-0.2, -0.15) is 11.8 Å². The Morgan fingerprint density at radius 2 is 2.26 bits per heavy atom. The van der Waals surface area contributed by atoms with Crippen LogP contribution in [-0.2, 0) is 10.0 Å². The van der Waals surface area contributed by atoms with Crippen molar-refractivity contribution in [1.82, 2.24) is 4.72 Å². The lowest BCUT2D eigenvalue weighted by molar-refractivity contribution is 0.552. The lowest BCUT2D eigenvalue weighted by Gasteiger charge is -2.22. The van der Waals surface area contributed by atoms with Crippen LogP contribution in [0.25, 0.3) is 0 Å². The average Bonchev–Trinajstić information content (AvgIpc) is 2.78. The van der Waals surface area contributed by atoms with E-state index >= 15 is 0 Å². The number of nitrogens with one attached hydrogen (secondary N) is 1. The van der Waals surface area contributed by atoms with Crippen LogP contribution in [-0.4, -0.2) is 25.5 Å². The number of rotatable bonds is 4. The van der Waals surface area contributed by atoms with Crippen LogP contribution in [0.4, 0.5) is 5.69 Å². The summed E-state index contributed by atoms with van der Waals surface area (Å²) in [5.74, 6) is 1.10. The molecule has 1 aromatic rings. The molecule has 0 radical (unpaired) electrons. The van der Waals surface area contributed by atoms with Gasteiger partial charge >= 0.3 is 0 Å². The van der Waals surface area contributed by atoms with Gasteiger partial charge in [0.05, 0.1) is 4.90 Å². The molecular weight excluding hydrogens is 348 g/mol. The van der Waals surface area contributed by atoms with Crippen molar-refractivity contribution in [2.45, 2.75) is 29.4 Å². The molecule has 4 nitrogen and oxygen atoms in total. The molecule has 7 heteroatoms. The first-order valence-electron chi connectivity index (χ1n) is 6.01. The molecule has 19 heavy (non-hydrogen) atoms. The molecule has 106 valence electrons. The largest absolute Gasteiger partial charge is 0.398 e. The Balaban J connectivity index is 2.11. The van der Waals surface area contributed by atoms with Gasteiger partial charge in [-0.3, -0.25) is 0 Å². The molecule has 0 saturated carbocycles. The maximum absolute atomic E-state index is 12.2. The molecule has 2 rings (SSSR count). The summed E-state index contributed by atoms with van der Waals surface area (Å²) in [4.78, 5) is 0.236. The van der Waals surface area contributed by atoms with Crippen LogP contribution in [0.3, 0.4) is 0 Å². The fraction of sp³-hybridized carbons (Fsp3) is 0.500. The van der Waals surface area contributed by atoms with Gasteiger partial charge in [0.25, 0.3) is 0 Å². The van der Waals surface area contributed by atoms with Crippen LogP contribution in [0.2, 0.25) is 0 Å². The average molecular weight is 365 g/mol. The van der Waals surface area contributed by atoms with Gasteiger partial charge in [0.2, 0.25) is 10.0 Å². The lowest BCUT2D eigenvalue weighted by atomic mass is 10.1. The Hall–Kier alpha value is -0.240. The standard InChI is InChI=1S/C12H17BrN2O2S2/c1-12(5-2-6-18-12)8-15-19(16,17)9-3-4-11(14)10(13)7-9/h3-4,7,15H,2,5-6,8,14H2,1H3. The van der Waals surface area contributed by atoms with Crippen LogP contribution in [0.1, 0.15) is 19.8 Å². The fourth-order valence-corrected chi connectivity index (χ4v) is 5.04. The third-order valence-electron chi connectivity index (χ3n) is 3.22. The molecule has 0 aliphatic carbocycles. The van der Waals surface area contributed by atoms with E-state index in [1.807, 2.05) is 11.8 Å². The highest BCUT2D eigenvalue weighted by molar-refractivity contribution is 9.10. The summed E-state index contributed by atoms with van der Waals surface area (Å²) in [6.07, 6.45) is 2.20. The molecule has 3 N–H and O–H groups in total. The highest BCUT2D eigenvalue weighted by Crippen LogP contribution is 2.37. The van der Waals surface area contributed by atoms with Crippen LogP contribution in [0, 0.1) is 0 Å². The lowest BCUT2D eigenvalue weighted by Crippen LogP contribution is -2.36. The molecule has 0 bridgehead atoms. The number of hydrogen-bond acceptors (Lipinski definition) is 4. The van der Waals surface area contributed by atoms with Gasteiger partial charge in [-0.15, -0.1) is 0 Å². The van der Waals surface area contributed by atoms with Crippen molar-refractivity contribution in [3.8, 4) is 0 Å². The Morgan fingerprint density at radius 3 is 2.84 bits per heavy atom. The van der Waals surface area contributed by atoms with Crippen LogP contribution in [0.15, 0.2) is 27.6 Å². The molecule has 1 aromatic carbocycles. The number of thioether (sulfide) groups is 1. The molecule has 1 fully saturated rings. The highest BCUT2D eigenvalue weighted by Gasteiger charge is 2.31. The minimum atomic E-state index is -3.47. The fourth-order valence-electron chi connectivity index (χ4n) is 1.98. The van der Waals surface area contributed by atoms with E-state index < -0.39 is 10.0 Å². The summed E-state index contributed by atoms with van der Waals surface area (Å²) in [5, 5.41) is 0. The molecule has 0 spiro atoms. The van der Waals surface area contributed by atoms with Crippen LogP contribution >= 0.6 is 27.7 Å². The Morgan fingerprint density at radius 1 is 1.53 bits per heavy atom. The van der Waals surface area contributed by atoms with Gasteiger partial charge in [0, 0.05) is 21.5 Å². The normalized spacial score (nSPS) is 23.7. The van der Waals surface area contributed by atoms with E-state index in [9.17, 15) is 8.42 Å². The molecule has 1 atom stereocenters. The summed E-state index contributed by atoms with van der Waals surface area (Å²) in [5.41, 5.74) is 6.19. The highest BCUT2D eigenvalue weighted by atomic mass is 79.9. The zero-order chi connectivity index (χ0) is 14.1. The zero-order valence-corrected chi connectivity index (χ0v) is 13.9. The second-order valence-corrected chi connectivity index (χ2v) is 9.21. The number of sulfonamides is 1. The monoisotopic (exact) mass is 364 g/mol. The summed E-state index contributed by atoms with van der Waals surface area (Å²) in [6, 6.07) is 4.64.